The van der Waals surface area contributed by atoms with Crippen molar-refractivity contribution in [1.82, 2.24) is 14.8 Å². The first-order valence-electron chi connectivity index (χ1n) is 12.7. The van der Waals surface area contributed by atoms with E-state index in [1.54, 1.807) is 68.4 Å². The van der Waals surface area contributed by atoms with Gasteiger partial charge in [-0.3, -0.25) is 24.5 Å². The SMILES string of the molecule is Cc1cc(C)n(C(=O)/C(C#N)=C/c2ccc(Sc3nc4ccc(N5C(=O)c6ccccc6C5=O)cc4s3)c([N+](=O)[O-])c2)n1. The predicted molar refractivity (Wildman–Crippen MR) is 160 cm³/mol. The number of hydrogen-bond acceptors (Lipinski definition) is 10. The number of nitro groups is 1. The number of nitro benzene ring substituents is 1. The second-order valence-electron chi connectivity index (χ2n) is 9.52. The van der Waals surface area contributed by atoms with Crippen LogP contribution < -0.4 is 4.90 Å². The Hall–Kier alpha value is -5.45. The van der Waals surface area contributed by atoms with Crippen LogP contribution in [0, 0.1) is 35.3 Å². The Morgan fingerprint density at radius 2 is 1.77 bits per heavy atom. The maximum absolute atomic E-state index is 12.9. The van der Waals surface area contributed by atoms with Crippen molar-refractivity contribution in [3.63, 3.8) is 0 Å². The van der Waals surface area contributed by atoms with E-state index in [1.807, 2.05) is 6.07 Å². The molecule has 0 N–H and O–H groups in total. The van der Waals surface area contributed by atoms with Crippen molar-refractivity contribution in [1.29, 1.82) is 5.26 Å². The van der Waals surface area contributed by atoms with Crippen LogP contribution >= 0.6 is 23.1 Å². The van der Waals surface area contributed by atoms with Crippen molar-refractivity contribution in [2.24, 2.45) is 0 Å². The Kier molecular flexibility index (Phi) is 6.93. The fourth-order valence-electron chi connectivity index (χ4n) is 4.70. The van der Waals surface area contributed by atoms with Crippen molar-refractivity contribution >= 4 is 68.5 Å². The number of anilines is 1. The molecule has 2 amide bonds. The molecule has 0 unspecified atom stereocenters. The highest BCUT2D eigenvalue weighted by atomic mass is 32.2. The van der Waals surface area contributed by atoms with Crippen molar-refractivity contribution in [3.05, 3.63) is 110 Å². The maximum atomic E-state index is 12.9. The molecule has 11 nitrogen and oxygen atoms in total. The van der Waals surface area contributed by atoms with Crippen LogP contribution in [0.4, 0.5) is 11.4 Å². The fraction of sp³-hybridized carbons (Fsp3) is 0.0667. The molecule has 1 aliphatic heterocycles. The maximum Gasteiger partial charge on any atom is 0.289 e. The number of imide groups is 1. The topological polar surface area (TPSA) is 152 Å². The molecule has 3 aromatic carbocycles. The molecule has 2 aromatic heterocycles. The van der Waals surface area contributed by atoms with E-state index in [9.17, 15) is 29.8 Å². The quantitative estimate of drug-likeness (QED) is 0.0721. The lowest BCUT2D eigenvalue weighted by Gasteiger charge is -2.13. The van der Waals surface area contributed by atoms with Gasteiger partial charge in [-0.15, -0.1) is 11.3 Å². The average Bonchev–Trinajstić information content (AvgIpc) is 3.63. The lowest BCUT2D eigenvalue weighted by Crippen LogP contribution is -2.29. The number of nitrogens with zero attached hydrogens (tertiary/aromatic N) is 6. The Morgan fingerprint density at radius 3 is 2.40 bits per heavy atom. The highest BCUT2D eigenvalue weighted by Gasteiger charge is 2.36. The molecular weight excluding hydrogens is 589 g/mol. The molecule has 3 heterocycles. The van der Waals surface area contributed by atoms with Crippen LogP contribution in [-0.2, 0) is 0 Å². The summed E-state index contributed by atoms with van der Waals surface area (Å²) in [5.74, 6) is -1.44. The molecule has 43 heavy (non-hydrogen) atoms. The van der Waals surface area contributed by atoms with Crippen LogP contribution in [0.15, 0.2) is 81.5 Å². The standard InChI is InChI=1S/C30H18N6O5S2/c1-16-11-17(2)35(33-16)27(37)19(15-31)12-18-7-10-25(24(13-18)36(40)41)42-30-32-23-9-8-20(14-26(23)43-30)34-28(38)21-5-3-4-6-22(21)29(34)39/h3-14H,1-2H3/b19-12+. The highest BCUT2D eigenvalue weighted by Crippen LogP contribution is 2.40. The number of rotatable bonds is 6. The summed E-state index contributed by atoms with van der Waals surface area (Å²) < 4.78 is 2.33. The number of aryl methyl sites for hydroxylation is 2. The minimum atomic E-state index is -0.635. The first-order chi connectivity index (χ1) is 20.6. The fourth-order valence-corrected chi connectivity index (χ4v) is 6.84. The Labute approximate surface area is 251 Å². The molecule has 5 aromatic rings. The molecule has 0 aliphatic carbocycles. The van der Waals surface area contributed by atoms with Gasteiger partial charge in [-0.05, 0) is 68.0 Å². The van der Waals surface area contributed by atoms with Gasteiger partial charge >= 0.3 is 0 Å². The molecule has 210 valence electrons. The van der Waals surface area contributed by atoms with Crippen molar-refractivity contribution in [2.45, 2.75) is 23.1 Å². The zero-order valence-corrected chi connectivity index (χ0v) is 24.1. The van der Waals surface area contributed by atoms with E-state index in [-0.39, 0.29) is 11.3 Å². The van der Waals surface area contributed by atoms with Gasteiger partial charge in [-0.25, -0.2) is 14.6 Å². The summed E-state index contributed by atoms with van der Waals surface area (Å²) >= 11 is 2.36. The first kappa shape index (κ1) is 27.7. The van der Waals surface area contributed by atoms with Gasteiger partial charge in [-0.2, -0.15) is 10.4 Å². The number of amides is 2. The van der Waals surface area contributed by atoms with Gasteiger partial charge < -0.3 is 0 Å². The number of benzene rings is 3. The summed E-state index contributed by atoms with van der Waals surface area (Å²) in [6, 6.07) is 19.6. The summed E-state index contributed by atoms with van der Waals surface area (Å²) in [5, 5.41) is 25.7. The molecule has 0 spiro atoms. The molecule has 0 fully saturated rings. The minimum absolute atomic E-state index is 0.221. The Balaban J connectivity index is 1.28. The van der Waals surface area contributed by atoms with Crippen LogP contribution in [-0.4, -0.2) is 37.4 Å². The summed E-state index contributed by atoms with van der Waals surface area (Å²) in [6.45, 7) is 3.42. The number of hydrogen-bond donors (Lipinski definition) is 0. The molecule has 0 bridgehead atoms. The van der Waals surface area contributed by atoms with Gasteiger partial charge in [0, 0.05) is 11.8 Å². The molecule has 0 saturated heterocycles. The Morgan fingerprint density at radius 1 is 1.05 bits per heavy atom. The molecule has 0 atom stereocenters. The average molecular weight is 607 g/mol. The smallest absolute Gasteiger partial charge is 0.268 e. The molecule has 0 radical (unpaired) electrons. The minimum Gasteiger partial charge on any atom is -0.268 e. The van der Waals surface area contributed by atoms with E-state index < -0.39 is 22.6 Å². The van der Waals surface area contributed by atoms with Gasteiger partial charge in [0.2, 0.25) is 0 Å². The number of nitriles is 1. The first-order valence-corrected chi connectivity index (χ1v) is 14.3. The van der Waals surface area contributed by atoms with Crippen LogP contribution in [0.2, 0.25) is 0 Å². The van der Waals surface area contributed by atoms with Crippen LogP contribution in [0.5, 0.6) is 0 Å². The zero-order valence-electron chi connectivity index (χ0n) is 22.5. The van der Waals surface area contributed by atoms with Gasteiger partial charge in [0.05, 0.1) is 42.5 Å². The van der Waals surface area contributed by atoms with E-state index in [2.05, 4.69) is 10.1 Å². The summed E-state index contributed by atoms with van der Waals surface area (Å²) in [4.78, 5) is 56.1. The number of allylic oxidation sites excluding steroid dienone is 1. The molecule has 0 saturated carbocycles. The molecule has 13 heteroatoms. The van der Waals surface area contributed by atoms with Crippen molar-refractivity contribution in [3.8, 4) is 6.07 Å². The van der Waals surface area contributed by atoms with Crippen LogP contribution in [0.25, 0.3) is 16.3 Å². The van der Waals surface area contributed by atoms with E-state index >= 15 is 0 Å². The number of carbonyl (C=O) groups is 3. The van der Waals surface area contributed by atoms with Gasteiger partial charge in [0.15, 0.2) is 4.34 Å². The zero-order chi connectivity index (χ0) is 30.4. The predicted octanol–water partition coefficient (Wildman–Crippen LogP) is 6.22. The monoisotopic (exact) mass is 606 g/mol. The molecule has 6 rings (SSSR count). The van der Waals surface area contributed by atoms with Gasteiger partial charge in [-0.1, -0.05) is 30.0 Å². The molecule has 1 aliphatic rings. The summed E-state index contributed by atoms with van der Waals surface area (Å²) in [7, 11) is 0. The van der Waals surface area contributed by atoms with Gasteiger partial charge in [0.1, 0.15) is 11.6 Å². The normalized spacial score (nSPS) is 13.0. The number of fused-ring (bicyclic) bond motifs is 2. The number of aromatic nitrogens is 3. The second-order valence-corrected chi connectivity index (χ2v) is 11.8. The number of thiazole rings is 1. The summed E-state index contributed by atoms with van der Waals surface area (Å²) in [5.41, 5.74) is 2.75. The summed E-state index contributed by atoms with van der Waals surface area (Å²) in [6.07, 6.45) is 1.29. The number of carbonyl (C=O) groups excluding carboxylic acids is 3. The molecular formula is C30H18N6O5S2. The van der Waals surface area contributed by atoms with E-state index in [0.29, 0.717) is 53.2 Å². The highest BCUT2D eigenvalue weighted by molar-refractivity contribution is 8.01. The third kappa shape index (κ3) is 4.99. The lowest BCUT2D eigenvalue weighted by molar-refractivity contribution is -0.387. The van der Waals surface area contributed by atoms with Crippen LogP contribution in [0.1, 0.15) is 42.5 Å². The van der Waals surface area contributed by atoms with Crippen molar-refractivity contribution in [2.75, 3.05) is 4.90 Å². The Bertz CT molecular complexity index is 2070. The van der Waals surface area contributed by atoms with E-state index in [4.69, 9.17) is 0 Å². The van der Waals surface area contributed by atoms with Crippen LogP contribution in [0.3, 0.4) is 0 Å². The third-order valence-corrected chi connectivity index (χ3v) is 8.79. The largest absolute Gasteiger partial charge is 0.289 e. The third-order valence-electron chi connectivity index (χ3n) is 6.65. The van der Waals surface area contributed by atoms with Crippen molar-refractivity contribution < 1.29 is 19.3 Å². The lowest BCUT2D eigenvalue weighted by atomic mass is 10.1. The second kappa shape index (κ2) is 10.8. The van der Waals surface area contributed by atoms with Gasteiger partial charge in [0.25, 0.3) is 23.4 Å². The van der Waals surface area contributed by atoms with E-state index in [0.717, 1.165) is 21.3 Å². The van der Waals surface area contributed by atoms with E-state index in [1.165, 1.54) is 29.5 Å².